The van der Waals surface area contributed by atoms with Gasteiger partial charge in [0, 0.05) is 19.0 Å². The Bertz CT molecular complexity index is 875. The van der Waals surface area contributed by atoms with Crippen molar-refractivity contribution >= 4 is 0 Å². The zero-order valence-corrected chi connectivity index (χ0v) is 14.5. The summed E-state index contributed by atoms with van der Waals surface area (Å²) < 4.78 is 29.7. The molecular weight excluding hydrogens is 327 g/mol. The van der Waals surface area contributed by atoms with Gasteiger partial charge in [-0.1, -0.05) is 0 Å². The maximum Gasteiger partial charge on any atom is 0.230 e. The first kappa shape index (κ1) is 17.1. The number of nitrogens with zero attached hydrogens (tertiary/aromatic N) is 4. The van der Waals surface area contributed by atoms with Crippen LogP contribution in [0.1, 0.15) is 23.2 Å². The minimum atomic E-state index is -0.427. The molecule has 0 saturated heterocycles. The molecule has 0 aliphatic carbocycles. The molecule has 3 rings (SSSR count). The van der Waals surface area contributed by atoms with E-state index in [0.717, 1.165) is 5.69 Å². The van der Waals surface area contributed by atoms with E-state index in [2.05, 4.69) is 15.2 Å². The molecule has 0 aliphatic rings. The Hall–Kier alpha value is -2.74. The molecule has 0 atom stereocenters. The summed E-state index contributed by atoms with van der Waals surface area (Å²) in [5.74, 6) is 1.93. The molecule has 0 bridgehead atoms. The quantitative estimate of drug-likeness (QED) is 0.678. The number of oxazole rings is 1. The fraction of sp³-hybridized carbons (Fsp3) is 0.353. The third kappa shape index (κ3) is 3.85. The first-order chi connectivity index (χ1) is 12.0. The minimum absolute atomic E-state index is 0.152. The number of hydrogen-bond acceptors (Lipinski definition) is 7. The molecule has 0 N–H and O–H groups in total. The van der Waals surface area contributed by atoms with Gasteiger partial charge in [0.2, 0.25) is 17.7 Å². The maximum atomic E-state index is 13.5. The lowest BCUT2D eigenvalue weighted by Gasteiger charge is -2.12. The minimum Gasteiger partial charge on any atom is -0.494 e. The van der Waals surface area contributed by atoms with Gasteiger partial charge >= 0.3 is 0 Å². The van der Waals surface area contributed by atoms with Crippen LogP contribution in [0.15, 0.2) is 27.0 Å². The van der Waals surface area contributed by atoms with Crippen LogP contribution in [0.4, 0.5) is 4.39 Å². The molecule has 1 aromatic carbocycles. The van der Waals surface area contributed by atoms with E-state index in [4.69, 9.17) is 13.6 Å². The molecule has 8 heteroatoms. The fourth-order valence-electron chi connectivity index (χ4n) is 2.43. The number of halogens is 1. The van der Waals surface area contributed by atoms with E-state index in [1.807, 2.05) is 18.9 Å². The topological polar surface area (TPSA) is 77.4 Å². The van der Waals surface area contributed by atoms with Crippen LogP contribution in [-0.2, 0) is 13.1 Å². The monoisotopic (exact) mass is 346 g/mol. The molecular formula is C17H19FN4O3. The van der Waals surface area contributed by atoms with E-state index in [0.29, 0.717) is 42.1 Å². The van der Waals surface area contributed by atoms with Crippen molar-refractivity contribution in [1.82, 2.24) is 20.1 Å². The number of benzene rings is 1. The van der Waals surface area contributed by atoms with E-state index < -0.39 is 5.82 Å². The summed E-state index contributed by atoms with van der Waals surface area (Å²) in [7, 11) is 3.34. The van der Waals surface area contributed by atoms with Crippen LogP contribution in [0.25, 0.3) is 11.5 Å². The highest BCUT2D eigenvalue weighted by Crippen LogP contribution is 2.27. The normalized spacial score (nSPS) is 11.3. The molecule has 0 aliphatic heterocycles. The lowest BCUT2D eigenvalue weighted by Crippen LogP contribution is -2.18. The van der Waals surface area contributed by atoms with Crippen molar-refractivity contribution in [2.45, 2.75) is 26.9 Å². The molecule has 2 heterocycles. The lowest BCUT2D eigenvalue weighted by atomic mass is 10.2. The summed E-state index contributed by atoms with van der Waals surface area (Å²) in [5, 5.41) is 7.79. The van der Waals surface area contributed by atoms with Crippen molar-refractivity contribution in [1.29, 1.82) is 0 Å². The van der Waals surface area contributed by atoms with Crippen molar-refractivity contribution in [2.24, 2.45) is 0 Å². The Morgan fingerprint density at radius 1 is 1.16 bits per heavy atom. The second-order valence-corrected chi connectivity index (χ2v) is 5.76. The maximum absolute atomic E-state index is 13.5. The van der Waals surface area contributed by atoms with E-state index >= 15 is 0 Å². The van der Waals surface area contributed by atoms with E-state index in [1.165, 1.54) is 13.2 Å². The van der Waals surface area contributed by atoms with Gasteiger partial charge in [-0.2, -0.15) is 0 Å². The van der Waals surface area contributed by atoms with Crippen LogP contribution in [0.2, 0.25) is 0 Å². The highest BCUT2D eigenvalue weighted by Gasteiger charge is 2.16. The molecule has 0 saturated carbocycles. The Balaban J connectivity index is 1.76. The highest BCUT2D eigenvalue weighted by molar-refractivity contribution is 5.56. The van der Waals surface area contributed by atoms with Crippen LogP contribution in [0, 0.1) is 19.7 Å². The molecule has 0 unspecified atom stereocenters. The molecule has 0 spiro atoms. The number of aryl methyl sites for hydroxylation is 2. The van der Waals surface area contributed by atoms with Crippen LogP contribution in [0.5, 0.6) is 5.75 Å². The van der Waals surface area contributed by atoms with Gasteiger partial charge in [-0.25, -0.2) is 9.37 Å². The van der Waals surface area contributed by atoms with Gasteiger partial charge in [-0.3, -0.25) is 4.90 Å². The van der Waals surface area contributed by atoms with Gasteiger partial charge in [-0.05, 0) is 32.2 Å². The highest BCUT2D eigenvalue weighted by atomic mass is 19.1. The summed E-state index contributed by atoms with van der Waals surface area (Å²) in [5.41, 5.74) is 1.44. The predicted molar refractivity (Wildman–Crippen MR) is 87.4 cm³/mol. The van der Waals surface area contributed by atoms with Crippen molar-refractivity contribution in [2.75, 3.05) is 14.2 Å². The summed E-state index contributed by atoms with van der Waals surface area (Å²) >= 11 is 0. The van der Waals surface area contributed by atoms with Gasteiger partial charge in [0.1, 0.15) is 5.76 Å². The third-order valence-corrected chi connectivity index (χ3v) is 3.68. The van der Waals surface area contributed by atoms with Crippen molar-refractivity contribution in [3.8, 4) is 17.2 Å². The van der Waals surface area contributed by atoms with Gasteiger partial charge in [0.05, 0.1) is 19.3 Å². The Morgan fingerprint density at radius 2 is 1.96 bits per heavy atom. The first-order valence-electron chi connectivity index (χ1n) is 7.74. The molecule has 0 radical (unpaired) electrons. The largest absolute Gasteiger partial charge is 0.494 e. The first-order valence-corrected chi connectivity index (χ1v) is 7.74. The molecule has 25 heavy (non-hydrogen) atoms. The third-order valence-electron chi connectivity index (χ3n) is 3.68. The molecule has 0 amide bonds. The average molecular weight is 346 g/mol. The summed E-state index contributed by atoms with van der Waals surface area (Å²) in [4.78, 5) is 6.51. The van der Waals surface area contributed by atoms with E-state index in [1.54, 1.807) is 19.1 Å². The number of methoxy groups -OCH3 is 1. The van der Waals surface area contributed by atoms with Crippen molar-refractivity contribution < 1.29 is 18.0 Å². The van der Waals surface area contributed by atoms with Gasteiger partial charge in [0.15, 0.2) is 11.6 Å². The number of ether oxygens (including phenoxy) is 1. The smallest absolute Gasteiger partial charge is 0.230 e. The van der Waals surface area contributed by atoms with Gasteiger partial charge in [-0.15, -0.1) is 10.2 Å². The number of rotatable bonds is 6. The lowest BCUT2D eigenvalue weighted by molar-refractivity contribution is 0.275. The molecule has 3 aromatic rings. The van der Waals surface area contributed by atoms with Crippen LogP contribution < -0.4 is 4.74 Å². The Morgan fingerprint density at radius 3 is 2.64 bits per heavy atom. The van der Waals surface area contributed by atoms with Crippen LogP contribution in [0.3, 0.4) is 0 Å². The summed E-state index contributed by atoms with van der Waals surface area (Å²) in [6, 6.07) is 4.50. The van der Waals surface area contributed by atoms with Gasteiger partial charge < -0.3 is 13.6 Å². The summed E-state index contributed by atoms with van der Waals surface area (Å²) in [6.07, 6.45) is 0. The van der Waals surface area contributed by atoms with Crippen molar-refractivity contribution in [3.05, 3.63) is 47.3 Å². The van der Waals surface area contributed by atoms with Gasteiger partial charge in [0.25, 0.3) is 0 Å². The predicted octanol–water partition coefficient (Wildman–Crippen LogP) is 3.12. The SMILES string of the molecule is COc1cc(-c2nc(CN(C)Cc3nnc(C)o3)c(C)o2)ccc1F. The molecule has 0 fully saturated rings. The second-order valence-electron chi connectivity index (χ2n) is 5.76. The average Bonchev–Trinajstić information content (AvgIpc) is 3.14. The van der Waals surface area contributed by atoms with Crippen molar-refractivity contribution in [3.63, 3.8) is 0 Å². The van der Waals surface area contributed by atoms with E-state index in [-0.39, 0.29) is 5.75 Å². The number of hydrogen-bond donors (Lipinski definition) is 0. The molecule has 132 valence electrons. The fourth-order valence-corrected chi connectivity index (χ4v) is 2.43. The van der Waals surface area contributed by atoms with E-state index in [9.17, 15) is 4.39 Å². The Kier molecular flexibility index (Phi) is 4.80. The molecule has 7 nitrogen and oxygen atoms in total. The van der Waals surface area contributed by atoms with Crippen LogP contribution in [-0.4, -0.2) is 34.2 Å². The number of aromatic nitrogens is 3. The zero-order chi connectivity index (χ0) is 18.0. The Labute approximate surface area is 144 Å². The summed E-state index contributed by atoms with van der Waals surface area (Å²) in [6.45, 7) is 4.65. The van der Waals surface area contributed by atoms with Crippen LogP contribution >= 0.6 is 0 Å². The standard InChI is InChI=1S/C17H19FN4O3/c1-10-14(8-22(3)9-16-21-20-11(2)25-16)19-17(24-10)12-5-6-13(18)15(7-12)23-4/h5-7H,8-9H2,1-4H3. The zero-order valence-electron chi connectivity index (χ0n) is 14.5. The molecule has 2 aromatic heterocycles. The second kappa shape index (κ2) is 7.02.